The molecule has 0 aromatic heterocycles. The monoisotopic (exact) mass is 120 g/mol. The van der Waals surface area contributed by atoms with Gasteiger partial charge >= 0.3 is 5.97 Å². The van der Waals surface area contributed by atoms with Crippen LogP contribution >= 0.6 is 9.24 Å². The van der Waals surface area contributed by atoms with Crippen molar-refractivity contribution in [3.8, 4) is 0 Å². The molecule has 1 unspecified atom stereocenters. The first-order valence-corrected chi connectivity index (χ1v) is 2.92. The summed E-state index contributed by atoms with van der Waals surface area (Å²) in [5, 5.41) is 0. The molecule has 0 aliphatic rings. The van der Waals surface area contributed by atoms with Crippen LogP contribution in [0.2, 0.25) is 0 Å². The van der Waals surface area contributed by atoms with Crippen LogP contribution in [-0.2, 0) is 9.53 Å². The van der Waals surface area contributed by atoms with Gasteiger partial charge in [-0.25, -0.2) is 0 Å². The van der Waals surface area contributed by atoms with Crippen molar-refractivity contribution in [2.24, 2.45) is 0 Å². The first-order valence-electron chi connectivity index (χ1n) is 2.11. The maximum Gasteiger partial charge on any atom is 0.302 e. The predicted molar refractivity (Wildman–Crippen MR) is 31.2 cm³/mol. The maximum absolute atomic E-state index is 9.97. The molecule has 2 nitrogen and oxygen atoms in total. The quantitative estimate of drug-likeness (QED) is 0.390. The first kappa shape index (κ1) is 6.90. The summed E-state index contributed by atoms with van der Waals surface area (Å²) in [5.41, 5.74) is 0. The molecule has 0 aliphatic heterocycles. The molecule has 0 bridgehead atoms. The van der Waals surface area contributed by atoms with E-state index in [-0.39, 0.29) is 5.97 Å². The Morgan fingerprint density at radius 3 is 2.57 bits per heavy atom. The minimum atomic E-state index is -0.206. The fourth-order valence-corrected chi connectivity index (χ4v) is 0.321. The van der Waals surface area contributed by atoms with E-state index >= 15 is 0 Å². The van der Waals surface area contributed by atoms with E-state index in [1.165, 1.54) is 6.92 Å². The number of carbonyl (C=O) groups is 1. The fourth-order valence-electron chi connectivity index (χ4n) is 0.203. The van der Waals surface area contributed by atoms with Gasteiger partial charge in [-0.15, -0.1) is 9.24 Å². The zero-order chi connectivity index (χ0) is 5.70. The van der Waals surface area contributed by atoms with Crippen LogP contribution in [0.15, 0.2) is 0 Å². The molecule has 0 heterocycles. The van der Waals surface area contributed by atoms with Gasteiger partial charge in [-0.3, -0.25) is 4.79 Å². The van der Waals surface area contributed by atoms with Crippen LogP contribution in [0.4, 0.5) is 0 Å². The van der Waals surface area contributed by atoms with Gasteiger partial charge in [-0.05, 0) is 6.16 Å². The fraction of sp³-hybridized carbons (Fsp3) is 0.750. The van der Waals surface area contributed by atoms with Crippen LogP contribution in [0.25, 0.3) is 0 Å². The van der Waals surface area contributed by atoms with Gasteiger partial charge < -0.3 is 4.74 Å². The van der Waals surface area contributed by atoms with Crippen molar-refractivity contribution in [1.82, 2.24) is 0 Å². The number of carbonyl (C=O) groups excluding carboxylic acids is 1. The Balaban J connectivity index is 2.82. The average Bonchev–Trinajstić information content (AvgIpc) is 1.61. The van der Waals surface area contributed by atoms with E-state index in [0.29, 0.717) is 6.61 Å². The van der Waals surface area contributed by atoms with Gasteiger partial charge in [0.1, 0.15) is 0 Å². The number of ether oxygens (including phenoxy) is 1. The van der Waals surface area contributed by atoms with Gasteiger partial charge in [-0.2, -0.15) is 0 Å². The molecule has 0 rings (SSSR count). The van der Waals surface area contributed by atoms with Crippen LogP contribution < -0.4 is 0 Å². The van der Waals surface area contributed by atoms with E-state index in [4.69, 9.17) is 0 Å². The lowest BCUT2D eigenvalue weighted by Crippen LogP contribution is -2.00. The van der Waals surface area contributed by atoms with Crippen LogP contribution in [-0.4, -0.2) is 18.7 Å². The summed E-state index contributed by atoms with van der Waals surface area (Å²) >= 11 is 0. The molecule has 0 radical (unpaired) electrons. The van der Waals surface area contributed by atoms with Crippen molar-refractivity contribution in [1.29, 1.82) is 0 Å². The van der Waals surface area contributed by atoms with Crippen LogP contribution in [0, 0.1) is 0 Å². The van der Waals surface area contributed by atoms with Gasteiger partial charge in [-0.1, -0.05) is 0 Å². The van der Waals surface area contributed by atoms with Crippen LogP contribution in [0.5, 0.6) is 0 Å². The molecule has 3 heteroatoms. The maximum atomic E-state index is 9.97. The SMILES string of the molecule is CC(=O)OCCP. The molecule has 1 atom stereocenters. The Morgan fingerprint density at radius 2 is 2.43 bits per heavy atom. The Morgan fingerprint density at radius 1 is 1.86 bits per heavy atom. The Hall–Kier alpha value is -0.100. The van der Waals surface area contributed by atoms with Crippen LogP contribution in [0.1, 0.15) is 6.92 Å². The average molecular weight is 120 g/mol. The molecular formula is C4H9O2P. The Kier molecular flexibility index (Phi) is 4.01. The largest absolute Gasteiger partial charge is 0.466 e. The summed E-state index contributed by atoms with van der Waals surface area (Å²) in [6, 6.07) is 0. The molecule has 0 aromatic rings. The molecule has 7 heavy (non-hydrogen) atoms. The van der Waals surface area contributed by atoms with E-state index in [1.807, 2.05) is 0 Å². The lowest BCUT2D eigenvalue weighted by atomic mass is 10.8. The molecule has 0 fully saturated rings. The topological polar surface area (TPSA) is 26.3 Å². The summed E-state index contributed by atoms with van der Waals surface area (Å²) in [5.74, 6) is -0.206. The molecule has 0 aliphatic carbocycles. The number of rotatable bonds is 2. The van der Waals surface area contributed by atoms with Crippen molar-refractivity contribution < 1.29 is 9.53 Å². The van der Waals surface area contributed by atoms with Crippen molar-refractivity contribution in [3.05, 3.63) is 0 Å². The zero-order valence-corrected chi connectivity index (χ0v) is 5.46. The smallest absolute Gasteiger partial charge is 0.302 e. The molecule has 0 saturated heterocycles. The van der Waals surface area contributed by atoms with Crippen molar-refractivity contribution >= 4 is 15.2 Å². The molecule has 0 N–H and O–H groups in total. The highest BCUT2D eigenvalue weighted by atomic mass is 31.0. The summed E-state index contributed by atoms with van der Waals surface area (Å²) in [7, 11) is 2.47. The second-order valence-corrected chi connectivity index (χ2v) is 1.71. The van der Waals surface area contributed by atoms with E-state index in [0.717, 1.165) is 6.16 Å². The summed E-state index contributed by atoms with van der Waals surface area (Å²) < 4.78 is 4.53. The third-order valence-corrected chi connectivity index (χ3v) is 0.659. The predicted octanol–water partition coefficient (Wildman–Crippen LogP) is 0.425. The van der Waals surface area contributed by atoms with Crippen molar-refractivity contribution in [3.63, 3.8) is 0 Å². The van der Waals surface area contributed by atoms with Gasteiger partial charge in [0.2, 0.25) is 0 Å². The van der Waals surface area contributed by atoms with E-state index < -0.39 is 0 Å². The minimum absolute atomic E-state index is 0.206. The third-order valence-electron chi connectivity index (χ3n) is 0.423. The zero-order valence-electron chi connectivity index (χ0n) is 4.31. The highest BCUT2D eigenvalue weighted by Crippen LogP contribution is 1.81. The highest BCUT2D eigenvalue weighted by Gasteiger charge is 1.85. The second kappa shape index (κ2) is 4.07. The molecule has 0 spiro atoms. The second-order valence-electron chi connectivity index (χ2n) is 1.13. The summed E-state index contributed by atoms with van der Waals surface area (Å²) in [4.78, 5) is 9.97. The standard InChI is InChI=1S/C4H9O2P/c1-4(5)6-2-3-7/h2-3,7H2,1H3. The van der Waals surface area contributed by atoms with Crippen LogP contribution in [0.3, 0.4) is 0 Å². The summed E-state index contributed by atoms with van der Waals surface area (Å²) in [6.07, 6.45) is 0.819. The number of esters is 1. The highest BCUT2D eigenvalue weighted by molar-refractivity contribution is 7.16. The number of hydrogen-bond donors (Lipinski definition) is 0. The molecule has 0 amide bonds. The summed E-state index contributed by atoms with van der Waals surface area (Å²) in [6.45, 7) is 1.92. The lowest BCUT2D eigenvalue weighted by Gasteiger charge is -1.93. The van der Waals surface area contributed by atoms with Gasteiger partial charge in [0.25, 0.3) is 0 Å². The van der Waals surface area contributed by atoms with Gasteiger partial charge in [0.05, 0.1) is 6.61 Å². The third kappa shape index (κ3) is 5.90. The van der Waals surface area contributed by atoms with E-state index in [9.17, 15) is 4.79 Å². The molecular weight excluding hydrogens is 111 g/mol. The van der Waals surface area contributed by atoms with Gasteiger partial charge in [0.15, 0.2) is 0 Å². The molecule has 0 aromatic carbocycles. The Bertz CT molecular complexity index is 62.7. The molecule has 0 saturated carbocycles. The first-order chi connectivity index (χ1) is 3.27. The Labute approximate surface area is 45.4 Å². The lowest BCUT2D eigenvalue weighted by molar-refractivity contribution is -0.140. The minimum Gasteiger partial charge on any atom is -0.466 e. The van der Waals surface area contributed by atoms with Crippen molar-refractivity contribution in [2.45, 2.75) is 6.92 Å². The van der Waals surface area contributed by atoms with Crippen molar-refractivity contribution in [2.75, 3.05) is 12.8 Å². The van der Waals surface area contributed by atoms with E-state index in [2.05, 4.69) is 14.0 Å². The molecule has 42 valence electrons. The van der Waals surface area contributed by atoms with Gasteiger partial charge in [0, 0.05) is 6.92 Å². The normalized spacial score (nSPS) is 8.29. The number of hydrogen-bond acceptors (Lipinski definition) is 2. The van der Waals surface area contributed by atoms with E-state index in [1.54, 1.807) is 0 Å².